The number of benzene rings is 1. The fourth-order valence-corrected chi connectivity index (χ4v) is 6.25. The summed E-state index contributed by atoms with van der Waals surface area (Å²) in [5, 5.41) is 6.03. The minimum atomic E-state index is -4.60. The first kappa shape index (κ1) is 38.3. The highest BCUT2D eigenvalue weighted by Gasteiger charge is 2.35. The summed E-state index contributed by atoms with van der Waals surface area (Å²) < 4.78 is 41.5. The van der Waals surface area contributed by atoms with E-state index in [9.17, 15) is 18.0 Å². The van der Waals surface area contributed by atoms with Crippen LogP contribution in [-0.2, 0) is 17.4 Å². The van der Waals surface area contributed by atoms with E-state index in [2.05, 4.69) is 61.4 Å². The average molecular weight is 663 g/mol. The molecule has 1 amide bonds. The summed E-state index contributed by atoms with van der Waals surface area (Å²) in [5.74, 6) is -0.0803. The summed E-state index contributed by atoms with van der Waals surface area (Å²) in [6, 6.07) is 6.86. The van der Waals surface area contributed by atoms with Crippen LogP contribution in [0.4, 0.5) is 36.3 Å². The van der Waals surface area contributed by atoms with Gasteiger partial charge in [0.2, 0.25) is 11.9 Å². The highest BCUT2D eigenvalue weighted by Crippen LogP contribution is 2.35. The molecule has 3 heterocycles. The van der Waals surface area contributed by atoms with Gasteiger partial charge in [-0.05, 0) is 69.3 Å². The number of likely N-dealkylation sites (N-methyl/N-ethyl adjacent to an activating group) is 1. The van der Waals surface area contributed by atoms with Crippen molar-refractivity contribution in [1.29, 1.82) is 0 Å². The number of hydrogen-bond acceptors (Lipinski definition) is 8. The number of alkyl halides is 3. The van der Waals surface area contributed by atoms with Gasteiger partial charge in [-0.25, -0.2) is 4.98 Å². The first-order chi connectivity index (χ1) is 22.6. The number of piperazine rings is 1. The zero-order valence-corrected chi connectivity index (χ0v) is 29.4. The Morgan fingerprint density at radius 2 is 1.70 bits per heavy atom. The summed E-state index contributed by atoms with van der Waals surface area (Å²) in [6.45, 7) is 18.0. The summed E-state index contributed by atoms with van der Waals surface area (Å²) in [4.78, 5) is 29.9. The number of hydrogen-bond donors (Lipinski definition) is 2. The molecule has 1 aromatic heterocycles. The molecule has 2 aliphatic heterocycles. The van der Waals surface area contributed by atoms with Gasteiger partial charge in [-0.3, -0.25) is 9.69 Å². The van der Waals surface area contributed by atoms with Gasteiger partial charge in [-0.1, -0.05) is 34.6 Å². The van der Waals surface area contributed by atoms with E-state index in [1.165, 1.54) is 5.69 Å². The van der Waals surface area contributed by atoms with Crippen molar-refractivity contribution in [3.8, 4) is 0 Å². The van der Waals surface area contributed by atoms with Crippen LogP contribution in [0.15, 0.2) is 24.4 Å². The Morgan fingerprint density at radius 3 is 2.32 bits per heavy atom. The number of nitrogens with one attached hydrogen (secondary N) is 2. The number of aryl methyl sites for hydroxylation is 1. The van der Waals surface area contributed by atoms with Crippen LogP contribution in [0.25, 0.3) is 0 Å². The topological polar surface area (TPSA) is 79.9 Å². The molecule has 0 bridgehead atoms. The van der Waals surface area contributed by atoms with E-state index in [1.807, 2.05) is 33.8 Å². The molecule has 0 saturated carbocycles. The van der Waals surface area contributed by atoms with Gasteiger partial charge >= 0.3 is 6.18 Å². The quantitative estimate of drug-likeness (QED) is 0.212. The monoisotopic (exact) mass is 662 g/mol. The predicted octanol–water partition coefficient (Wildman–Crippen LogP) is 6.88. The van der Waals surface area contributed by atoms with Crippen molar-refractivity contribution >= 4 is 29.0 Å². The van der Waals surface area contributed by atoms with E-state index in [0.29, 0.717) is 32.0 Å². The normalized spacial score (nSPS) is 16.4. The van der Waals surface area contributed by atoms with Crippen LogP contribution < -0.4 is 15.5 Å². The molecule has 2 saturated heterocycles. The van der Waals surface area contributed by atoms with Gasteiger partial charge in [0.1, 0.15) is 11.4 Å². The van der Waals surface area contributed by atoms with Gasteiger partial charge in [0, 0.05) is 88.9 Å². The highest BCUT2D eigenvalue weighted by molar-refractivity contribution is 5.76. The largest absolute Gasteiger partial charge is 0.421 e. The molecule has 2 aromatic rings. The van der Waals surface area contributed by atoms with E-state index in [1.54, 1.807) is 4.90 Å². The third kappa shape index (κ3) is 11.2. The van der Waals surface area contributed by atoms with Crippen LogP contribution in [0.2, 0.25) is 0 Å². The molecule has 2 aliphatic rings. The zero-order chi connectivity index (χ0) is 34.4. The van der Waals surface area contributed by atoms with Crippen molar-refractivity contribution in [2.45, 2.75) is 91.8 Å². The minimum Gasteiger partial charge on any atom is -0.371 e. The van der Waals surface area contributed by atoms with Crippen LogP contribution >= 0.6 is 0 Å². The molecule has 2 fully saturated rings. The third-order valence-corrected chi connectivity index (χ3v) is 8.90. The number of aromatic nitrogens is 2. The fourth-order valence-electron chi connectivity index (χ4n) is 6.25. The van der Waals surface area contributed by atoms with Crippen LogP contribution in [0.1, 0.15) is 84.3 Å². The highest BCUT2D eigenvalue weighted by atomic mass is 19.4. The van der Waals surface area contributed by atoms with Crippen molar-refractivity contribution in [2.75, 3.05) is 81.5 Å². The minimum absolute atomic E-state index is 0.0803. The second-order valence-corrected chi connectivity index (χ2v) is 12.2. The Hall–Kier alpha value is -3.12. The molecule has 0 unspecified atom stereocenters. The van der Waals surface area contributed by atoms with Crippen LogP contribution in [-0.4, -0.2) is 103 Å². The zero-order valence-electron chi connectivity index (χ0n) is 29.4. The molecular weight excluding hydrogens is 605 g/mol. The van der Waals surface area contributed by atoms with Gasteiger partial charge in [0.25, 0.3) is 0 Å². The van der Waals surface area contributed by atoms with Crippen molar-refractivity contribution in [1.82, 2.24) is 24.7 Å². The molecule has 0 atom stereocenters. The lowest BCUT2D eigenvalue weighted by molar-refractivity contribution is -0.137. The first-order valence-electron chi connectivity index (χ1n) is 17.7. The van der Waals surface area contributed by atoms with E-state index < -0.39 is 11.7 Å². The first-order valence-corrected chi connectivity index (χ1v) is 17.7. The van der Waals surface area contributed by atoms with E-state index in [-0.39, 0.29) is 24.2 Å². The number of piperidine rings is 1. The second-order valence-electron chi connectivity index (χ2n) is 12.2. The summed E-state index contributed by atoms with van der Waals surface area (Å²) in [7, 11) is 2.19. The van der Waals surface area contributed by atoms with Gasteiger partial charge in [0.15, 0.2) is 0 Å². The maximum absolute atomic E-state index is 13.8. The van der Waals surface area contributed by atoms with E-state index >= 15 is 0 Å². The Kier molecular flexibility index (Phi) is 15.5. The maximum Gasteiger partial charge on any atom is 0.421 e. The Balaban J connectivity index is 0.00000294. The van der Waals surface area contributed by atoms with E-state index in [4.69, 9.17) is 0 Å². The summed E-state index contributed by atoms with van der Waals surface area (Å²) >= 11 is 0. The van der Waals surface area contributed by atoms with Crippen molar-refractivity contribution in [2.24, 2.45) is 0 Å². The maximum atomic E-state index is 13.8. The molecule has 0 spiro atoms. The Morgan fingerprint density at radius 1 is 1.00 bits per heavy atom. The molecular formula is C35H57F3N8O. The molecule has 4 rings (SSSR count). The molecule has 264 valence electrons. The van der Waals surface area contributed by atoms with Gasteiger partial charge in [0.05, 0.1) is 0 Å². The standard InChI is InChI=1S/C33H51F3N8O.C2H6/c1-5-9-30(45)44(15-6-2)16-8-14-37-31-28(33(34,35)36)24-38-32(40-31)39-29-11-10-27(23-25(29)7-3)42-17-12-26(13-18-42)43-21-19-41(4)20-22-43;1-2/h10-11,23-24,26H,5-9,12-22H2,1-4H3,(H2,37,38,39,40);1-2H3. The molecule has 47 heavy (non-hydrogen) atoms. The number of nitrogens with zero attached hydrogens (tertiary/aromatic N) is 6. The molecule has 0 radical (unpaired) electrons. The third-order valence-electron chi connectivity index (χ3n) is 8.90. The molecule has 1 aromatic carbocycles. The molecule has 12 heteroatoms. The van der Waals surface area contributed by atoms with Crippen LogP contribution in [0, 0.1) is 0 Å². The lowest BCUT2D eigenvalue weighted by Gasteiger charge is -2.42. The summed E-state index contributed by atoms with van der Waals surface area (Å²) in [5.41, 5.74) is 2.09. The molecule has 0 aliphatic carbocycles. The number of anilines is 4. The fraction of sp³-hybridized carbons (Fsp3) is 0.686. The van der Waals surface area contributed by atoms with Gasteiger partial charge in [-0.2, -0.15) is 18.2 Å². The summed E-state index contributed by atoms with van der Waals surface area (Å²) in [6.07, 6.45) is 1.86. The van der Waals surface area contributed by atoms with Crippen LogP contribution in [0.5, 0.6) is 0 Å². The van der Waals surface area contributed by atoms with Crippen molar-refractivity contribution < 1.29 is 18.0 Å². The number of carbonyl (C=O) groups is 1. The average Bonchev–Trinajstić information content (AvgIpc) is 3.07. The number of carbonyl (C=O) groups excluding carboxylic acids is 1. The smallest absolute Gasteiger partial charge is 0.371 e. The Bertz CT molecular complexity index is 1230. The van der Waals surface area contributed by atoms with E-state index in [0.717, 1.165) is 88.8 Å². The lowest BCUT2D eigenvalue weighted by Crippen LogP contribution is -2.52. The number of rotatable bonds is 14. The van der Waals surface area contributed by atoms with Gasteiger partial charge < -0.3 is 25.3 Å². The predicted molar refractivity (Wildman–Crippen MR) is 187 cm³/mol. The second kappa shape index (κ2) is 19.0. The Labute approximate surface area is 280 Å². The van der Waals surface area contributed by atoms with Crippen LogP contribution in [0.3, 0.4) is 0 Å². The molecule has 9 nitrogen and oxygen atoms in total. The number of halogens is 3. The van der Waals surface area contributed by atoms with Crippen molar-refractivity contribution in [3.05, 3.63) is 35.5 Å². The number of amides is 1. The van der Waals surface area contributed by atoms with Crippen molar-refractivity contribution in [3.63, 3.8) is 0 Å². The molecule has 2 N–H and O–H groups in total. The SMILES string of the molecule is CC.CCCC(=O)N(CCC)CCCNc1nc(Nc2ccc(N3CCC(N4CCN(C)CC4)CC3)cc2CC)ncc1C(F)(F)F. The lowest BCUT2D eigenvalue weighted by atomic mass is 10.0. The van der Waals surface area contributed by atoms with Gasteiger partial charge in [-0.15, -0.1) is 0 Å².